The fraction of sp³-hybridized carbons (Fsp3) is 0.0870. The number of nitrogens with zero attached hydrogens (tertiary/aromatic N) is 1. The van der Waals surface area contributed by atoms with Gasteiger partial charge in [0.15, 0.2) is 0 Å². The first-order valence-electron chi connectivity index (χ1n) is 8.94. The van der Waals surface area contributed by atoms with E-state index >= 15 is 0 Å². The molecular weight excluding hydrogens is 370 g/mol. The molecule has 0 saturated heterocycles. The van der Waals surface area contributed by atoms with Gasteiger partial charge < -0.3 is 14.6 Å². The molecule has 0 saturated carbocycles. The Balaban J connectivity index is 1.62. The van der Waals surface area contributed by atoms with Crippen LogP contribution in [-0.2, 0) is 0 Å². The molecule has 0 aromatic heterocycles. The van der Waals surface area contributed by atoms with Gasteiger partial charge >= 0.3 is 0 Å². The minimum Gasteiger partial charge on any atom is -0.545 e. The number of aryl methyl sites for hydroxylation is 2. The van der Waals surface area contributed by atoms with Crippen molar-refractivity contribution in [3.8, 4) is 11.5 Å². The van der Waals surface area contributed by atoms with Crippen molar-refractivity contribution in [1.29, 1.82) is 0 Å². The number of carboxylic acid groups (broad SMARTS) is 1. The lowest BCUT2D eigenvalue weighted by Crippen LogP contribution is -2.29. The summed E-state index contributed by atoms with van der Waals surface area (Å²) in [6.45, 7) is 3.89. The van der Waals surface area contributed by atoms with Gasteiger partial charge in [0, 0.05) is 0 Å². The van der Waals surface area contributed by atoms with Gasteiger partial charge in [-0.25, -0.2) is 4.90 Å². The number of carbonyl (C=O) groups excluding carboxylic acids is 3. The zero-order valence-electron chi connectivity index (χ0n) is 15.8. The van der Waals surface area contributed by atoms with Crippen molar-refractivity contribution in [3.05, 3.63) is 88.5 Å². The van der Waals surface area contributed by atoms with E-state index in [1.165, 1.54) is 30.3 Å². The summed E-state index contributed by atoms with van der Waals surface area (Å²) >= 11 is 0. The number of benzene rings is 3. The average Bonchev–Trinajstić information content (AvgIpc) is 2.95. The minimum atomic E-state index is -1.27. The Morgan fingerprint density at radius 2 is 1.45 bits per heavy atom. The minimum absolute atomic E-state index is 0.0381. The molecule has 6 heteroatoms. The fourth-order valence-corrected chi connectivity index (χ4v) is 3.18. The maximum absolute atomic E-state index is 12.9. The molecule has 1 aliphatic rings. The molecule has 0 radical (unpaired) electrons. The normalized spacial score (nSPS) is 12.8. The largest absolute Gasteiger partial charge is 0.545 e. The van der Waals surface area contributed by atoms with Gasteiger partial charge in [0.1, 0.15) is 11.5 Å². The molecule has 3 aromatic carbocycles. The third kappa shape index (κ3) is 3.25. The summed E-state index contributed by atoms with van der Waals surface area (Å²) < 4.78 is 5.70. The maximum atomic E-state index is 12.9. The molecule has 0 bridgehead atoms. The molecule has 1 heterocycles. The van der Waals surface area contributed by atoms with Crippen LogP contribution in [0.4, 0.5) is 5.69 Å². The zero-order valence-corrected chi connectivity index (χ0v) is 15.8. The predicted molar refractivity (Wildman–Crippen MR) is 104 cm³/mol. The number of hydrogen-bond donors (Lipinski definition) is 0. The summed E-state index contributed by atoms with van der Waals surface area (Å²) in [4.78, 5) is 37.7. The third-order valence-electron chi connectivity index (χ3n) is 4.93. The van der Waals surface area contributed by atoms with Crippen LogP contribution >= 0.6 is 0 Å². The Hall–Kier alpha value is -3.93. The number of fused-ring (bicyclic) bond motifs is 1. The van der Waals surface area contributed by atoms with E-state index in [9.17, 15) is 19.5 Å². The Morgan fingerprint density at radius 3 is 2.10 bits per heavy atom. The maximum Gasteiger partial charge on any atom is 0.266 e. The second kappa shape index (κ2) is 6.91. The molecule has 144 valence electrons. The number of carboxylic acids is 1. The van der Waals surface area contributed by atoms with E-state index in [0.29, 0.717) is 22.7 Å². The SMILES string of the molecule is Cc1ccc(N2C(=O)c3ccc(Oc4ccc(C(=O)[O-])cc4)cc3C2=O)cc1C. The van der Waals surface area contributed by atoms with E-state index in [2.05, 4.69) is 0 Å². The van der Waals surface area contributed by atoms with Crippen LogP contribution in [-0.4, -0.2) is 17.8 Å². The summed E-state index contributed by atoms with van der Waals surface area (Å²) in [5.74, 6) is -1.29. The van der Waals surface area contributed by atoms with Crippen molar-refractivity contribution in [2.45, 2.75) is 13.8 Å². The fourth-order valence-electron chi connectivity index (χ4n) is 3.18. The summed E-state index contributed by atoms with van der Waals surface area (Å²) in [7, 11) is 0. The third-order valence-corrected chi connectivity index (χ3v) is 4.93. The number of rotatable bonds is 4. The highest BCUT2D eigenvalue weighted by atomic mass is 16.5. The van der Waals surface area contributed by atoms with E-state index in [0.717, 1.165) is 16.0 Å². The van der Waals surface area contributed by atoms with Gasteiger partial charge in [0.05, 0.1) is 22.8 Å². The molecule has 0 unspecified atom stereocenters. The van der Waals surface area contributed by atoms with Gasteiger partial charge in [-0.2, -0.15) is 0 Å². The van der Waals surface area contributed by atoms with Crippen LogP contribution in [0.5, 0.6) is 11.5 Å². The lowest BCUT2D eigenvalue weighted by molar-refractivity contribution is -0.255. The van der Waals surface area contributed by atoms with Crippen molar-refractivity contribution < 1.29 is 24.2 Å². The number of ether oxygens (including phenoxy) is 1. The standard InChI is InChI=1S/C23H17NO5/c1-13-3-6-16(11-14(13)2)24-21(25)19-10-9-18(12-20(19)22(24)26)29-17-7-4-15(5-8-17)23(27)28/h3-12H,1-2H3,(H,27,28)/p-1. The summed E-state index contributed by atoms with van der Waals surface area (Å²) in [6, 6.07) is 15.8. The molecule has 3 aromatic rings. The first-order chi connectivity index (χ1) is 13.8. The molecule has 29 heavy (non-hydrogen) atoms. The monoisotopic (exact) mass is 386 g/mol. The van der Waals surface area contributed by atoms with Gasteiger partial charge in [0.25, 0.3) is 11.8 Å². The molecule has 0 atom stereocenters. The van der Waals surface area contributed by atoms with Crippen LogP contribution in [0.1, 0.15) is 42.2 Å². The lowest BCUT2D eigenvalue weighted by atomic mass is 10.1. The molecule has 1 aliphatic heterocycles. The number of hydrogen-bond acceptors (Lipinski definition) is 5. The first-order valence-corrected chi connectivity index (χ1v) is 8.94. The number of amides is 2. The van der Waals surface area contributed by atoms with Crippen LogP contribution in [0, 0.1) is 13.8 Å². The van der Waals surface area contributed by atoms with Gasteiger partial charge in [-0.1, -0.05) is 6.07 Å². The van der Waals surface area contributed by atoms with Gasteiger partial charge in [-0.05, 0) is 85.1 Å². The van der Waals surface area contributed by atoms with E-state index in [1.54, 1.807) is 18.2 Å². The number of aromatic carboxylic acids is 1. The zero-order chi connectivity index (χ0) is 20.7. The van der Waals surface area contributed by atoms with Crippen LogP contribution in [0.3, 0.4) is 0 Å². The van der Waals surface area contributed by atoms with Crippen LogP contribution in [0.2, 0.25) is 0 Å². The van der Waals surface area contributed by atoms with E-state index in [-0.39, 0.29) is 17.0 Å². The highest BCUT2D eigenvalue weighted by molar-refractivity contribution is 6.34. The van der Waals surface area contributed by atoms with E-state index in [4.69, 9.17) is 4.74 Å². The highest BCUT2D eigenvalue weighted by Gasteiger charge is 2.37. The van der Waals surface area contributed by atoms with Crippen LogP contribution in [0.15, 0.2) is 60.7 Å². The Labute approximate surface area is 167 Å². The van der Waals surface area contributed by atoms with Crippen molar-refractivity contribution in [2.24, 2.45) is 0 Å². The Kier molecular flexibility index (Phi) is 4.39. The average molecular weight is 386 g/mol. The van der Waals surface area contributed by atoms with E-state index in [1.807, 2.05) is 26.0 Å². The second-order valence-corrected chi connectivity index (χ2v) is 6.84. The molecule has 0 N–H and O–H groups in total. The Morgan fingerprint density at radius 1 is 0.793 bits per heavy atom. The molecule has 2 amide bonds. The summed E-state index contributed by atoms with van der Waals surface area (Å²) in [5.41, 5.74) is 3.20. The highest BCUT2D eigenvalue weighted by Crippen LogP contribution is 2.33. The van der Waals surface area contributed by atoms with E-state index < -0.39 is 11.9 Å². The predicted octanol–water partition coefficient (Wildman–Crippen LogP) is 3.26. The van der Waals surface area contributed by atoms with Gasteiger partial charge in [-0.3, -0.25) is 9.59 Å². The van der Waals surface area contributed by atoms with Gasteiger partial charge in [0.2, 0.25) is 0 Å². The van der Waals surface area contributed by atoms with Crippen molar-refractivity contribution >= 4 is 23.5 Å². The van der Waals surface area contributed by atoms with Gasteiger partial charge in [-0.15, -0.1) is 0 Å². The van der Waals surface area contributed by atoms with Crippen molar-refractivity contribution in [3.63, 3.8) is 0 Å². The molecule has 4 rings (SSSR count). The van der Waals surface area contributed by atoms with Crippen molar-refractivity contribution in [1.82, 2.24) is 0 Å². The summed E-state index contributed by atoms with van der Waals surface area (Å²) in [6.07, 6.45) is 0. The molecule has 0 aliphatic carbocycles. The molecular formula is C23H16NO5-. The van der Waals surface area contributed by atoms with Crippen molar-refractivity contribution in [2.75, 3.05) is 4.90 Å². The smallest absolute Gasteiger partial charge is 0.266 e. The Bertz CT molecular complexity index is 1160. The second-order valence-electron chi connectivity index (χ2n) is 6.84. The molecule has 0 fully saturated rings. The summed E-state index contributed by atoms with van der Waals surface area (Å²) in [5, 5.41) is 10.8. The first kappa shape index (κ1) is 18.4. The number of anilines is 1. The molecule has 0 spiro atoms. The topological polar surface area (TPSA) is 86.7 Å². The number of carbonyl (C=O) groups is 3. The van der Waals surface area contributed by atoms with Crippen LogP contribution < -0.4 is 14.7 Å². The molecule has 6 nitrogen and oxygen atoms in total. The van der Waals surface area contributed by atoms with Crippen LogP contribution in [0.25, 0.3) is 0 Å². The quantitative estimate of drug-likeness (QED) is 0.643. The number of imide groups is 1. The lowest BCUT2D eigenvalue weighted by Gasteiger charge is -2.15.